The molecule has 1 N–H and O–H groups in total. The van der Waals surface area contributed by atoms with Crippen LogP contribution in [0, 0.1) is 0 Å². The van der Waals surface area contributed by atoms with Gasteiger partial charge < -0.3 is 19.7 Å². The van der Waals surface area contributed by atoms with E-state index in [2.05, 4.69) is 5.32 Å². The van der Waals surface area contributed by atoms with E-state index in [0.717, 1.165) is 26.1 Å². The lowest BCUT2D eigenvalue weighted by atomic mass is 10.1. The third-order valence-corrected chi connectivity index (χ3v) is 2.85. The van der Waals surface area contributed by atoms with Crippen molar-refractivity contribution >= 4 is 6.03 Å². The van der Waals surface area contributed by atoms with Gasteiger partial charge in [-0.2, -0.15) is 0 Å². The molecule has 15 heavy (non-hydrogen) atoms. The molecule has 0 radical (unpaired) electrons. The van der Waals surface area contributed by atoms with Gasteiger partial charge >= 0.3 is 6.03 Å². The molecule has 0 saturated carbocycles. The highest BCUT2D eigenvalue weighted by molar-refractivity contribution is 5.74. The van der Waals surface area contributed by atoms with Crippen LogP contribution in [0.5, 0.6) is 0 Å². The Hall–Kier alpha value is -0.810. The number of rotatable bonds is 1. The Kier molecular flexibility index (Phi) is 3.80. The number of nitrogens with one attached hydrogen (secondary N) is 1. The first kappa shape index (κ1) is 10.7. The lowest BCUT2D eigenvalue weighted by molar-refractivity contribution is 0.0479. The molecule has 2 rings (SSSR count). The van der Waals surface area contributed by atoms with E-state index in [1.807, 2.05) is 4.90 Å². The fourth-order valence-electron chi connectivity index (χ4n) is 1.87. The minimum atomic E-state index is 0.0465. The zero-order valence-corrected chi connectivity index (χ0v) is 8.91. The zero-order chi connectivity index (χ0) is 10.5. The number of hydrogen-bond donors (Lipinski definition) is 1. The molecule has 5 heteroatoms. The molecule has 2 aliphatic heterocycles. The average Bonchev–Trinajstić information content (AvgIpc) is 2.31. The normalized spacial score (nSPS) is 23.9. The predicted octanol–water partition coefficient (Wildman–Crippen LogP) is 0.207. The number of hydrogen-bond acceptors (Lipinski definition) is 3. The van der Waals surface area contributed by atoms with E-state index in [0.29, 0.717) is 26.3 Å². The number of ether oxygens (including phenoxy) is 2. The molecule has 0 bridgehead atoms. The van der Waals surface area contributed by atoms with Gasteiger partial charge in [-0.15, -0.1) is 0 Å². The van der Waals surface area contributed by atoms with Crippen molar-refractivity contribution in [3.05, 3.63) is 0 Å². The number of nitrogens with zero attached hydrogens (tertiary/aromatic N) is 1. The summed E-state index contributed by atoms with van der Waals surface area (Å²) in [4.78, 5) is 13.6. The van der Waals surface area contributed by atoms with Crippen molar-refractivity contribution in [2.75, 3.05) is 39.5 Å². The Balaban J connectivity index is 1.74. The lowest BCUT2D eigenvalue weighted by Crippen LogP contribution is -2.50. The van der Waals surface area contributed by atoms with Crippen LogP contribution in [0.15, 0.2) is 0 Å². The Labute approximate surface area is 89.7 Å². The third kappa shape index (κ3) is 3.07. The first-order valence-electron chi connectivity index (χ1n) is 5.57. The van der Waals surface area contributed by atoms with Crippen molar-refractivity contribution in [2.24, 2.45) is 0 Å². The van der Waals surface area contributed by atoms with Crippen LogP contribution >= 0.6 is 0 Å². The first-order valence-corrected chi connectivity index (χ1v) is 5.57. The Morgan fingerprint density at radius 1 is 1.07 bits per heavy atom. The summed E-state index contributed by atoms with van der Waals surface area (Å²) in [5, 5.41) is 3.04. The second-order valence-electron chi connectivity index (χ2n) is 3.94. The van der Waals surface area contributed by atoms with Crippen LogP contribution in [-0.4, -0.2) is 56.5 Å². The quantitative estimate of drug-likeness (QED) is 0.678. The average molecular weight is 214 g/mol. The SMILES string of the molecule is O=C(NC1CCOCC1)N1CCOCC1. The summed E-state index contributed by atoms with van der Waals surface area (Å²) in [6.45, 7) is 4.23. The van der Waals surface area contributed by atoms with E-state index in [1.54, 1.807) is 0 Å². The fraction of sp³-hybridized carbons (Fsp3) is 0.900. The molecule has 5 nitrogen and oxygen atoms in total. The summed E-state index contributed by atoms with van der Waals surface area (Å²) in [7, 11) is 0. The highest BCUT2D eigenvalue weighted by Gasteiger charge is 2.21. The van der Waals surface area contributed by atoms with Gasteiger partial charge in [0.1, 0.15) is 0 Å². The van der Waals surface area contributed by atoms with Gasteiger partial charge in [-0.25, -0.2) is 4.79 Å². The second-order valence-corrected chi connectivity index (χ2v) is 3.94. The minimum Gasteiger partial charge on any atom is -0.381 e. The number of amides is 2. The largest absolute Gasteiger partial charge is 0.381 e. The molecule has 0 atom stereocenters. The highest BCUT2D eigenvalue weighted by Crippen LogP contribution is 2.07. The number of morpholine rings is 1. The van der Waals surface area contributed by atoms with E-state index in [4.69, 9.17) is 9.47 Å². The van der Waals surface area contributed by atoms with Gasteiger partial charge in [0.25, 0.3) is 0 Å². The van der Waals surface area contributed by atoms with E-state index in [9.17, 15) is 4.79 Å². The monoisotopic (exact) mass is 214 g/mol. The maximum absolute atomic E-state index is 11.8. The van der Waals surface area contributed by atoms with Crippen LogP contribution in [0.2, 0.25) is 0 Å². The zero-order valence-electron chi connectivity index (χ0n) is 8.91. The van der Waals surface area contributed by atoms with Crippen molar-refractivity contribution < 1.29 is 14.3 Å². The molecular weight excluding hydrogens is 196 g/mol. The first-order chi connectivity index (χ1) is 7.36. The number of carbonyl (C=O) groups is 1. The highest BCUT2D eigenvalue weighted by atomic mass is 16.5. The molecule has 2 aliphatic rings. The van der Waals surface area contributed by atoms with Crippen LogP contribution in [0.3, 0.4) is 0 Å². The van der Waals surface area contributed by atoms with Gasteiger partial charge in [-0.3, -0.25) is 0 Å². The summed E-state index contributed by atoms with van der Waals surface area (Å²) in [5.74, 6) is 0. The van der Waals surface area contributed by atoms with Gasteiger partial charge in [-0.05, 0) is 12.8 Å². The van der Waals surface area contributed by atoms with Crippen molar-refractivity contribution in [2.45, 2.75) is 18.9 Å². The minimum absolute atomic E-state index is 0.0465. The molecular formula is C10H18N2O3. The summed E-state index contributed by atoms with van der Waals surface area (Å²) < 4.78 is 10.4. The summed E-state index contributed by atoms with van der Waals surface area (Å²) in [6, 6.07) is 0.333. The van der Waals surface area contributed by atoms with Crippen LogP contribution in [0.4, 0.5) is 4.79 Å². The van der Waals surface area contributed by atoms with Crippen molar-refractivity contribution in [3.8, 4) is 0 Å². The van der Waals surface area contributed by atoms with Crippen LogP contribution in [-0.2, 0) is 9.47 Å². The van der Waals surface area contributed by atoms with E-state index in [-0.39, 0.29) is 12.1 Å². The summed E-state index contributed by atoms with van der Waals surface area (Å²) >= 11 is 0. The predicted molar refractivity (Wildman–Crippen MR) is 54.8 cm³/mol. The molecule has 2 amide bonds. The summed E-state index contributed by atoms with van der Waals surface area (Å²) in [5.41, 5.74) is 0. The molecule has 0 unspecified atom stereocenters. The van der Waals surface area contributed by atoms with Crippen LogP contribution in [0.1, 0.15) is 12.8 Å². The summed E-state index contributed by atoms with van der Waals surface area (Å²) in [6.07, 6.45) is 1.85. The fourth-order valence-corrected chi connectivity index (χ4v) is 1.87. The van der Waals surface area contributed by atoms with Gasteiger partial charge in [0.05, 0.1) is 13.2 Å². The second kappa shape index (κ2) is 5.32. The van der Waals surface area contributed by atoms with E-state index >= 15 is 0 Å². The van der Waals surface area contributed by atoms with Gasteiger partial charge in [0.2, 0.25) is 0 Å². The molecule has 0 aromatic heterocycles. The van der Waals surface area contributed by atoms with Gasteiger partial charge in [-0.1, -0.05) is 0 Å². The number of urea groups is 1. The van der Waals surface area contributed by atoms with E-state index in [1.165, 1.54) is 0 Å². The van der Waals surface area contributed by atoms with Crippen LogP contribution < -0.4 is 5.32 Å². The van der Waals surface area contributed by atoms with Crippen LogP contribution in [0.25, 0.3) is 0 Å². The topological polar surface area (TPSA) is 50.8 Å². The molecule has 0 spiro atoms. The molecule has 86 valence electrons. The number of carbonyl (C=O) groups excluding carboxylic acids is 1. The van der Waals surface area contributed by atoms with E-state index < -0.39 is 0 Å². The Bertz CT molecular complexity index is 211. The lowest BCUT2D eigenvalue weighted by Gasteiger charge is -2.30. The molecule has 2 heterocycles. The Morgan fingerprint density at radius 3 is 2.33 bits per heavy atom. The molecule has 0 aromatic carbocycles. The maximum Gasteiger partial charge on any atom is 0.317 e. The van der Waals surface area contributed by atoms with Crippen molar-refractivity contribution in [1.82, 2.24) is 10.2 Å². The molecule has 0 aliphatic carbocycles. The van der Waals surface area contributed by atoms with Gasteiger partial charge in [0, 0.05) is 32.3 Å². The van der Waals surface area contributed by atoms with Crippen molar-refractivity contribution in [1.29, 1.82) is 0 Å². The maximum atomic E-state index is 11.8. The molecule has 2 fully saturated rings. The third-order valence-electron chi connectivity index (χ3n) is 2.85. The Morgan fingerprint density at radius 2 is 1.67 bits per heavy atom. The van der Waals surface area contributed by atoms with Gasteiger partial charge in [0.15, 0.2) is 0 Å². The standard InChI is InChI=1S/C10H18N2O3/c13-10(12-3-7-15-8-4-12)11-9-1-5-14-6-2-9/h9H,1-8H2,(H,11,13). The van der Waals surface area contributed by atoms with Crippen molar-refractivity contribution in [3.63, 3.8) is 0 Å². The molecule has 0 aromatic rings. The smallest absolute Gasteiger partial charge is 0.317 e. The molecule has 2 saturated heterocycles.